The Kier molecular flexibility index (Phi) is 4.16. The normalized spacial score (nSPS) is 11.6. The molecule has 0 saturated carbocycles. The largest absolute Gasteiger partial charge is 0.306 e. The van der Waals surface area contributed by atoms with Gasteiger partial charge in [0.25, 0.3) is 10.0 Å². The Bertz CT molecular complexity index is 1210. The highest BCUT2D eigenvalue weighted by molar-refractivity contribution is 7.92. The maximum atomic E-state index is 13.0. The van der Waals surface area contributed by atoms with Crippen LogP contribution < -0.4 is 4.72 Å². The van der Waals surface area contributed by atoms with E-state index in [9.17, 15) is 12.8 Å². The number of pyridine rings is 1. The Hall–Kier alpha value is -3.19. The molecule has 0 radical (unpaired) electrons. The number of hydrogen-bond acceptors (Lipinski definition) is 3. The molecule has 0 aliphatic heterocycles. The van der Waals surface area contributed by atoms with Gasteiger partial charge in [-0.3, -0.25) is 4.72 Å². The molecule has 0 saturated heterocycles. The van der Waals surface area contributed by atoms with Gasteiger partial charge in [0.05, 0.1) is 10.6 Å². The summed E-state index contributed by atoms with van der Waals surface area (Å²) < 4.78 is 42.2. The number of nitrogens with one attached hydrogen (secondary N) is 1. The van der Waals surface area contributed by atoms with E-state index >= 15 is 0 Å². The minimum absolute atomic E-state index is 0.00352. The second-order valence-corrected chi connectivity index (χ2v) is 7.87. The van der Waals surface area contributed by atoms with Crippen LogP contribution in [0.1, 0.15) is 5.56 Å². The van der Waals surface area contributed by atoms with Gasteiger partial charge in [0.2, 0.25) is 0 Å². The van der Waals surface area contributed by atoms with Crippen LogP contribution in [-0.4, -0.2) is 17.8 Å². The predicted octanol–water partition coefficient (Wildman–Crippen LogP) is 4.25. The van der Waals surface area contributed by atoms with E-state index in [1.54, 1.807) is 24.3 Å². The minimum atomic E-state index is -3.77. The summed E-state index contributed by atoms with van der Waals surface area (Å²) in [6.07, 6.45) is 3.87. The van der Waals surface area contributed by atoms with Crippen molar-refractivity contribution in [2.45, 2.75) is 11.8 Å². The zero-order valence-electron chi connectivity index (χ0n) is 14.4. The van der Waals surface area contributed by atoms with Crippen LogP contribution in [0.15, 0.2) is 78.0 Å². The first-order valence-electron chi connectivity index (χ1n) is 8.25. The van der Waals surface area contributed by atoms with Gasteiger partial charge in [0.1, 0.15) is 11.5 Å². The predicted molar refractivity (Wildman–Crippen MR) is 103 cm³/mol. The molecule has 0 fully saturated rings. The number of rotatable bonds is 4. The number of anilines is 1. The third-order valence-corrected chi connectivity index (χ3v) is 5.63. The smallest absolute Gasteiger partial charge is 0.261 e. The average Bonchev–Trinajstić information content (AvgIpc) is 3.08. The van der Waals surface area contributed by atoms with Crippen LogP contribution >= 0.6 is 0 Å². The Morgan fingerprint density at radius 1 is 1.00 bits per heavy atom. The molecular weight excluding hydrogens is 365 g/mol. The van der Waals surface area contributed by atoms with E-state index in [2.05, 4.69) is 9.71 Å². The van der Waals surface area contributed by atoms with Crippen LogP contribution in [0.5, 0.6) is 0 Å². The standard InChI is InChI=1S/C20H16FN3O2S/c1-14-3-2-12-24-13-19(22-20(14)24)15-4-8-17(9-5-15)23-27(25,26)18-10-6-16(21)7-11-18/h2-13,23H,1H3. The summed E-state index contributed by atoms with van der Waals surface area (Å²) in [5, 5.41) is 0. The van der Waals surface area contributed by atoms with Crippen molar-refractivity contribution in [1.82, 2.24) is 9.38 Å². The molecule has 2 aromatic heterocycles. The molecular formula is C20H16FN3O2S. The maximum Gasteiger partial charge on any atom is 0.261 e. The Morgan fingerprint density at radius 3 is 2.37 bits per heavy atom. The van der Waals surface area contributed by atoms with Gasteiger partial charge in [-0.15, -0.1) is 0 Å². The quantitative estimate of drug-likeness (QED) is 0.575. The molecule has 0 aliphatic rings. The lowest BCUT2D eigenvalue weighted by Crippen LogP contribution is -2.12. The first-order valence-corrected chi connectivity index (χ1v) is 9.74. The summed E-state index contributed by atoms with van der Waals surface area (Å²) in [7, 11) is -3.77. The fraction of sp³-hybridized carbons (Fsp3) is 0.0500. The van der Waals surface area contributed by atoms with Gasteiger partial charge in [-0.25, -0.2) is 17.8 Å². The third kappa shape index (κ3) is 3.41. The van der Waals surface area contributed by atoms with Crippen molar-refractivity contribution in [3.05, 3.63) is 84.4 Å². The van der Waals surface area contributed by atoms with E-state index in [1.165, 1.54) is 12.1 Å². The molecule has 4 aromatic rings. The van der Waals surface area contributed by atoms with Gasteiger partial charge in [0, 0.05) is 23.6 Å². The second kappa shape index (κ2) is 6.51. The van der Waals surface area contributed by atoms with Crippen molar-refractivity contribution in [3.63, 3.8) is 0 Å². The van der Waals surface area contributed by atoms with Crippen molar-refractivity contribution in [1.29, 1.82) is 0 Å². The molecule has 7 heteroatoms. The zero-order valence-corrected chi connectivity index (χ0v) is 15.2. The monoisotopic (exact) mass is 381 g/mol. The molecule has 0 amide bonds. The summed E-state index contributed by atoms with van der Waals surface area (Å²) in [6.45, 7) is 2.00. The lowest BCUT2D eigenvalue weighted by atomic mass is 10.1. The first-order chi connectivity index (χ1) is 12.9. The van der Waals surface area contributed by atoms with Crippen LogP contribution in [0.25, 0.3) is 16.9 Å². The molecule has 2 aromatic carbocycles. The number of fused-ring (bicyclic) bond motifs is 1. The molecule has 2 heterocycles. The average molecular weight is 381 g/mol. The van der Waals surface area contributed by atoms with Gasteiger partial charge in [-0.2, -0.15) is 0 Å². The number of halogens is 1. The van der Waals surface area contributed by atoms with E-state index in [-0.39, 0.29) is 4.90 Å². The number of aryl methyl sites for hydroxylation is 1. The molecule has 4 rings (SSSR count). The van der Waals surface area contributed by atoms with Gasteiger partial charge in [-0.1, -0.05) is 18.2 Å². The molecule has 5 nitrogen and oxygen atoms in total. The highest BCUT2D eigenvalue weighted by atomic mass is 32.2. The number of benzene rings is 2. The minimum Gasteiger partial charge on any atom is -0.306 e. The molecule has 0 bridgehead atoms. The third-order valence-electron chi connectivity index (χ3n) is 4.23. The lowest BCUT2D eigenvalue weighted by Gasteiger charge is -2.08. The van der Waals surface area contributed by atoms with Crippen molar-refractivity contribution < 1.29 is 12.8 Å². The number of imidazole rings is 1. The van der Waals surface area contributed by atoms with Gasteiger partial charge < -0.3 is 4.40 Å². The van der Waals surface area contributed by atoms with Crippen LogP contribution in [0, 0.1) is 12.7 Å². The van der Waals surface area contributed by atoms with Crippen LogP contribution in [0.4, 0.5) is 10.1 Å². The summed E-state index contributed by atoms with van der Waals surface area (Å²) in [5.74, 6) is -0.485. The van der Waals surface area contributed by atoms with E-state index in [1.807, 2.05) is 35.9 Å². The van der Waals surface area contributed by atoms with Crippen molar-refractivity contribution in [2.24, 2.45) is 0 Å². The maximum absolute atomic E-state index is 13.0. The summed E-state index contributed by atoms with van der Waals surface area (Å²) in [5.41, 5.74) is 4.06. The second-order valence-electron chi connectivity index (χ2n) is 6.18. The number of aromatic nitrogens is 2. The topological polar surface area (TPSA) is 63.5 Å². The van der Waals surface area contributed by atoms with Crippen LogP contribution in [0.2, 0.25) is 0 Å². The van der Waals surface area contributed by atoms with Gasteiger partial charge in [0.15, 0.2) is 0 Å². The van der Waals surface area contributed by atoms with Gasteiger partial charge >= 0.3 is 0 Å². The van der Waals surface area contributed by atoms with Crippen molar-refractivity contribution >= 4 is 21.4 Å². The molecule has 136 valence electrons. The molecule has 0 aliphatic carbocycles. The van der Waals surface area contributed by atoms with E-state index < -0.39 is 15.8 Å². The Labute approximate surface area is 156 Å². The van der Waals surface area contributed by atoms with E-state index in [0.29, 0.717) is 5.69 Å². The molecule has 0 unspecified atom stereocenters. The molecule has 1 N–H and O–H groups in total. The fourth-order valence-electron chi connectivity index (χ4n) is 2.83. The number of nitrogens with zero attached hydrogens (tertiary/aromatic N) is 2. The summed E-state index contributed by atoms with van der Waals surface area (Å²) in [6, 6.07) is 15.6. The number of hydrogen-bond donors (Lipinski definition) is 1. The SMILES string of the molecule is Cc1cccn2cc(-c3ccc(NS(=O)(=O)c4ccc(F)cc4)cc3)nc12. The molecule has 0 atom stereocenters. The fourth-order valence-corrected chi connectivity index (χ4v) is 3.89. The van der Waals surface area contributed by atoms with Crippen LogP contribution in [0.3, 0.4) is 0 Å². The van der Waals surface area contributed by atoms with Crippen molar-refractivity contribution in [2.75, 3.05) is 4.72 Å². The highest BCUT2D eigenvalue weighted by Gasteiger charge is 2.14. The Balaban J connectivity index is 1.60. The van der Waals surface area contributed by atoms with Gasteiger partial charge in [-0.05, 0) is 55.0 Å². The summed E-state index contributed by atoms with van der Waals surface area (Å²) >= 11 is 0. The molecule has 27 heavy (non-hydrogen) atoms. The summed E-state index contributed by atoms with van der Waals surface area (Å²) in [4.78, 5) is 4.63. The zero-order chi connectivity index (χ0) is 19.0. The first kappa shape index (κ1) is 17.2. The lowest BCUT2D eigenvalue weighted by molar-refractivity contribution is 0.599. The number of sulfonamides is 1. The Morgan fingerprint density at radius 2 is 1.70 bits per heavy atom. The van der Waals surface area contributed by atoms with E-state index in [0.717, 1.165) is 34.6 Å². The van der Waals surface area contributed by atoms with Crippen LogP contribution in [-0.2, 0) is 10.0 Å². The molecule has 0 spiro atoms. The van der Waals surface area contributed by atoms with Crippen molar-refractivity contribution in [3.8, 4) is 11.3 Å². The van der Waals surface area contributed by atoms with E-state index in [4.69, 9.17) is 0 Å². The highest BCUT2D eigenvalue weighted by Crippen LogP contribution is 2.23.